The van der Waals surface area contributed by atoms with Gasteiger partial charge < -0.3 is 21.6 Å². The molecule has 0 radical (unpaired) electrons. The Labute approximate surface area is 149 Å². The summed E-state index contributed by atoms with van der Waals surface area (Å²) in [7, 11) is 0. The van der Waals surface area contributed by atoms with Crippen molar-refractivity contribution in [3.05, 3.63) is 66.5 Å². The molecule has 6 nitrogen and oxygen atoms in total. The molecule has 0 aliphatic carbocycles. The number of aromatic carboxylic acids is 1. The summed E-state index contributed by atoms with van der Waals surface area (Å²) in [6.07, 6.45) is 3.58. The number of nitrogens with zero attached hydrogens (tertiary/aromatic N) is 1. The van der Waals surface area contributed by atoms with Crippen molar-refractivity contribution >= 4 is 28.4 Å². The third-order valence-electron chi connectivity index (χ3n) is 4.26. The molecule has 0 spiro atoms. The Bertz CT molecular complexity index is 1150. The number of carboxylic acids is 1. The van der Waals surface area contributed by atoms with Crippen LogP contribution in [0.4, 0.5) is 11.4 Å². The van der Waals surface area contributed by atoms with E-state index in [1.54, 1.807) is 24.5 Å². The summed E-state index contributed by atoms with van der Waals surface area (Å²) < 4.78 is 0. The molecule has 2 heterocycles. The van der Waals surface area contributed by atoms with Crippen molar-refractivity contribution in [1.29, 1.82) is 0 Å². The molecule has 6 N–H and O–H groups in total. The number of nitrogens with two attached hydrogens (primary N) is 2. The lowest BCUT2D eigenvalue weighted by atomic mass is 10.00. The van der Waals surface area contributed by atoms with Crippen LogP contribution >= 0.6 is 0 Å². The lowest BCUT2D eigenvalue weighted by Crippen LogP contribution is -1.98. The van der Waals surface area contributed by atoms with Crippen LogP contribution in [-0.2, 0) is 0 Å². The van der Waals surface area contributed by atoms with E-state index in [0.717, 1.165) is 27.6 Å². The fraction of sp³-hybridized carbons (Fsp3) is 0. The molecule has 0 saturated carbocycles. The summed E-state index contributed by atoms with van der Waals surface area (Å²) in [5, 5.41) is 10.2. The van der Waals surface area contributed by atoms with Gasteiger partial charge in [-0.3, -0.25) is 0 Å². The molecular formula is C20H16N4O2. The lowest BCUT2D eigenvalue weighted by molar-refractivity contribution is 0.0697. The largest absolute Gasteiger partial charge is 0.478 e. The number of nitrogens with one attached hydrogen (secondary N) is 1. The predicted molar refractivity (Wildman–Crippen MR) is 103 cm³/mol. The van der Waals surface area contributed by atoms with Gasteiger partial charge in [0.1, 0.15) is 5.65 Å². The molecule has 0 fully saturated rings. The highest BCUT2D eigenvalue weighted by molar-refractivity contribution is 5.98. The zero-order valence-electron chi connectivity index (χ0n) is 13.7. The van der Waals surface area contributed by atoms with Crippen LogP contribution < -0.4 is 11.5 Å². The molecule has 128 valence electrons. The number of aromatic amines is 1. The van der Waals surface area contributed by atoms with Crippen molar-refractivity contribution in [2.24, 2.45) is 0 Å². The molecule has 4 aromatic rings. The second-order valence-electron chi connectivity index (χ2n) is 6.10. The molecule has 0 atom stereocenters. The molecule has 2 aromatic heterocycles. The first-order chi connectivity index (χ1) is 12.5. The van der Waals surface area contributed by atoms with E-state index >= 15 is 0 Å². The summed E-state index contributed by atoms with van der Waals surface area (Å²) in [6, 6.07) is 14.4. The number of anilines is 2. The monoisotopic (exact) mass is 344 g/mol. The normalized spacial score (nSPS) is 10.9. The second-order valence-corrected chi connectivity index (χ2v) is 6.10. The molecule has 0 aliphatic heterocycles. The van der Waals surface area contributed by atoms with E-state index in [1.165, 1.54) is 6.07 Å². The molecule has 26 heavy (non-hydrogen) atoms. The average molecular weight is 344 g/mol. The molecule has 0 bridgehead atoms. The Morgan fingerprint density at radius 2 is 1.77 bits per heavy atom. The van der Waals surface area contributed by atoms with Gasteiger partial charge in [-0.1, -0.05) is 12.1 Å². The van der Waals surface area contributed by atoms with Gasteiger partial charge >= 0.3 is 5.97 Å². The van der Waals surface area contributed by atoms with Gasteiger partial charge in [0.25, 0.3) is 0 Å². The SMILES string of the molecule is Nc1cccc(-c2cnc3[nH]cc(-c4cc(N)cc(C(=O)O)c4)c3c2)c1. The minimum absolute atomic E-state index is 0.147. The van der Waals surface area contributed by atoms with Gasteiger partial charge in [0.2, 0.25) is 0 Å². The molecule has 0 aliphatic rings. The Morgan fingerprint density at radius 3 is 2.54 bits per heavy atom. The van der Waals surface area contributed by atoms with E-state index < -0.39 is 5.97 Å². The van der Waals surface area contributed by atoms with Gasteiger partial charge in [-0.2, -0.15) is 0 Å². The van der Waals surface area contributed by atoms with E-state index in [1.807, 2.05) is 30.3 Å². The first kappa shape index (κ1) is 15.7. The Kier molecular flexibility index (Phi) is 3.58. The molecule has 4 rings (SSSR count). The second kappa shape index (κ2) is 5.93. The third-order valence-corrected chi connectivity index (χ3v) is 4.26. The van der Waals surface area contributed by atoms with Crippen LogP contribution in [0.25, 0.3) is 33.3 Å². The summed E-state index contributed by atoms with van der Waals surface area (Å²) in [5.41, 5.74) is 17.1. The number of carbonyl (C=O) groups is 1. The first-order valence-corrected chi connectivity index (χ1v) is 7.98. The predicted octanol–water partition coefficient (Wildman–Crippen LogP) is 3.76. The number of rotatable bonds is 3. The minimum Gasteiger partial charge on any atom is -0.478 e. The number of carboxylic acid groups (broad SMARTS) is 1. The Morgan fingerprint density at radius 1 is 0.962 bits per heavy atom. The number of fused-ring (bicyclic) bond motifs is 1. The maximum absolute atomic E-state index is 11.3. The number of benzene rings is 2. The van der Waals surface area contributed by atoms with Gasteiger partial charge in [-0.15, -0.1) is 0 Å². The van der Waals surface area contributed by atoms with Crippen molar-refractivity contribution in [2.45, 2.75) is 0 Å². The van der Waals surface area contributed by atoms with Crippen LogP contribution in [0.1, 0.15) is 10.4 Å². The van der Waals surface area contributed by atoms with Gasteiger partial charge in [0.15, 0.2) is 0 Å². The Balaban J connectivity index is 1.89. The van der Waals surface area contributed by atoms with Crippen molar-refractivity contribution in [3.8, 4) is 22.3 Å². The van der Waals surface area contributed by atoms with E-state index in [4.69, 9.17) is 11.5 Å². The standard InChI is InChI=1S/C20H16N4O2/c21-15-3-1-2-11(5-15)14-8-17-18(10-24-19(17)23-9-14)12-4-13(20(25)26)7-16(22)6-12/h1-10H,21-22H2,(H,23,24)(H,25,26). The summed E-state index contributed by atoms with van der Waals surface area (Å²) >= 11 is 0. The maximum Gasteiger partial charge on any atom is 0.335 e. The summed E-state index contributed by atoms with van der Waals surface area (Å²) in [5.74, 6) is -1.02. The highest BCUT2D eigenvalue weighted by Gasteiger charge is 2.12. The highest BCUT2D eigenvalue weighted by atomic mass is 16.4. The fourth-order valence-corrected chi connectivity index (χ4v) is 3.05. The van der Waals surface area contributed by atoms with E-state index in [0.29, 0.717) is 17.0 Å². The molecule has 0 saturated heterocycles. The van der Waals surface area contributed by atoms with E-state index in [-0.39, 0.29) is 5.56 Å². The van der Waals surface area contributed by atoms with Crippen molar-refractivity contribution in [3.63, 3.8) is 0 Å². The first-order valence-electron chi connectivity index (χ1n) is 7.98. The molecule has 2 aromatic carbocycles. The zero-order chi connectivity index (χ0) is 18.3. The van der Waals surface area contributed by atoms with Crippen molar-refractivity contribution in [1.82, 2.24) is 9.97 Å². The molecule has 0 amide bonds. The van der Waals surface area contributed by atoms with Crippen LogP contribution in [0, 0.1) is 0 Å². The number of hydrogen-bond donors (Lipinski definition) is 4. The smallest absolute Gasteiger partial charge is 0.335 e. The maximum atomic E-state index is 11.3. The number of hydrogen-bond acceptors (Lipinski definition) is 4. The van der Waals surface area contributed by atoms with Gasteiger partial charge in [-0.05, 0) is 47.5 Å². The highest BCUT2D eigenvalue weighted by Crippen LogP contribution is 2.32. The van der Waals surface area contributed by atoms with Crippen molar-refractivity contribution < 1.29 is 9.90 Å². The quantitative estimate of drug-likeness (QED) is 0.422. The van der Waals surface area contributed by atoms with Crippen LogP contribution in [0.2, 0.25) is 0 Å². The fourth-order valence-electron chi connectivity index (χ4n) is 3.05. The van der Waals surface area contributed by atoms with Crippen LogP contribution in [0.5, 0.6) is 0 Å². The van der Waals surface area contributed by atoms with Gasteiger partial charge in [0.05, 0.1) is 5.56 Å². The topological polar surface area (TPSA) is 118 Å². The molecule has 6 heteroatoms. The molecular weight excluding hydrogens is 328 g/mol. The third kappa shape index (κ3) is 2.73. The van der Waals surface area contributed by atoms with E-state index in [2.05, 4.69) is 9.97 Å². The summed E-state index contributed by atoms with van der Waals surface area (Å²) in [4.78, 5) is 18.9. The van der Waals surface area contributed by atoms with Crippen LogP contribution in [0.3, 0.4) is 0 Å². The van der Waals surface area contributed by atoms with Gasteiger partial charge in [-0.25, -0.2) is 9.78 Å². The Hall–Kier alpha value is -3.80. The van der Waals surface area contributed by atoms with Crippen LogP contribution in [0.15, 0.2) is 60.9 Å². The number of pyridine rings is 1. The summed E-state index contributed by atoms with van der Waals surface area (Å²) in [6.45, 7) is 0. The van der Waals surface area contributed by atoms with Gasteiger partial charge in [0, 0.05) is 40.3 Å². The number of H-pyrrole nitrogens is 1. The minimum atomic E-state index is -1.02. The number of aromatic nitrogens is 2. The van der Waals surface area contributed by atoms with Crippen LogP contribution in [-0.4, -0.2) is 21.0 Å². The molecule has 0 unspecified atom stereocenters. The lowest BCUT2D eigenvalue weighted by Gasteiger charge is -2.06. The number of nitrogen functional groups attached to an aromatic ring is 2. The van der Waals surface area contributed by atoms with Crippen molar-refractivity contribution in [2.75, 3.05) is 11.5 Å². The van der Waals surface area contributed by atoms with E-state index in [9.17, 15) is 9.90 Å². The zero-order valence-corrected chi connectivity index (χ0v) is 13.7. The average Bonchev–Trinajstić information content (AvgIpc) is 3.04.